The first-order valence-corrected chi connectivity index (χ1v) is 4.56. The van der Waals surface area contributed by atoms with E-state index in [0.717, 1.165) is 0 Å². The van der Waals surface area contributed by atoms with Crippen LogP contribution in [0.5, 0.6) is 0 Å². The molecular formula is C9H18N2O3. The minimum absolute atomic E-state index is 0.353. The van der Waals surface area contributed by atoms with E-state index < -0.39 is 6.41 Å². The maximum absolute atomic E-state index is 9.30. The second kappa shape index (κ2) is 6.60. The molecule has 0 aromatic rings. The second-order valence-electron chi connectivity index (χ2n) is 3.83. The van der Waals surface area contributed by atoms with Crippen LogP contribution in [0.25, 0.3) is 0 Å². The van der Waals surface area contributed by atoms with Crippen LogP contribution in [0.3, 0.4) is 0 Å². The Kier molecular flexibility index (Phi) is 6.21. The van der Waals surface area contributed by atoms with Gasteiger partial charge in [-0.25, -0.2) is 0 Å². The van der Waals surface area contributed by atoms with E-state index >= 15 is 0 Å². The maximum Gasteiger partial charge on any atom is 0.286 e. The summed E-state index contributed by atoms with van der Waals surface area (Å²) in [5.41, 5.74) is -0.379. The zero-order valence-electron chi connectivity index (χ0n) is 8.91. The van der Waals surface area contributed by atoms with Crippen molar-refractivity contribution in [2.45, 2.75) is 39.2 Å². The Morgan fingerprint density at radius 3 is 2.64 bits per heavy atom. The highest BCUT2D eigenvalue weighted by molar-refractivity contribution is 4.59. The molecule has 0 fully saturated rings. The minimum Gasteiger partial charge on any atom is -0.427 e. The summed E-state index contributed by atoms with van der Waals surface area (Å²) in [7, 11) is 0. The quantitative estimate of drug-likeness (QED) is 0.374. The zero-order chi connectivity index (χ0) is 11.0. The second-order valence-corrected chi connectivity index (χ2v) is 3.83. The van der Waals surface area contributed by atoms with Crippen LogP contribution in [-0.4, -0.2) is 30.3 Å². The van der Waals surface area contributed by atoms with Crippen LogP contribution >= 0.6 is 0 Å². The number of nitriles is 1. The van der Waals surface area contributed by atoms with Crippen molar-refractivity contribution in [3.8, 4) is 6.26 Å². The summed E-state index contributed by atoms with van der Waals surface area (Å²) < 4.78 is 9.64. The molecule has 0 aromatic carbocycles. The van der Waals surface area contributed by atoms with E-state index in [1.807, 2.05) is 20.8 Å². The van der Waals surface area contributed by atoms with E-state index in [0.29, 0.717) is 19.6 Å². The van der Waals surface area contributed by atoms with Gasteiger partial charge in [0, 0.05) is 6.54 Å². The van der Waals surface area contributed by atoms with Gasteiger partial charge in [0.2, 0.25) is 6.41 Å². The molecular weight excluding hydrogens is 184 g/mol. The fraction of sp³-hybridized carbons (Fsp3) is 0.889. The molecule has 0 aliphatic carbocycles. The molecule has 0 aliphatic rings. The first kappa shape index (κ1) is 13.2. The number of aliphatic hydroxyl groups excluding tert-OH is 1. The van der Waals surface area contributed by atoms with Crippen molar-refractivity contribution in [2.75, 3.05) is 13.2 Å². The molecule has 0 aromatic heterocycles. The van der Waals surface area contributed by atoms with E-state index in [-0.39, 0.29) is 5.60 Å². The summed E-state index contributed by atoms with van der Waals surface area (Å²) >= 11 is 0. The molecule has 1 unspecified atom stereocenters. The van der Waals surface area contributed by atoms with Gasteiger partial charge in [-0.2, -0.15) is 5.26 Å². The van der Waals surface area contributed by atoms with Gasteiger partial charge >= 0.3 is 0 Å². The maximum atomic E-state index is 9.30. The average molecular weight is 202 g/mol. The van der Waals surface area contributed by atoms with Gasteiger partial charge in [0.25, 0.3) is 6.26 Å². The molecule has 0 radical (unpaired) electrons. The number of rotatable bonds is 6. The van der Waals surface area contributed by atoms with Crippen molar-refractivity contribution >= 4 is 0 Å². The third kappa shape index (κ3) is 9.26. The van der Waals surface area contributed by atoms with Gasteiger partial charge in [-0.05, 0) is 27.2 Å². The molecule has 0 saturated carbocycles. The van der Waals surface area contributed by atoms with Crippen molar-refractivity contribution in [1.82, 2.24) is 5.32 Å². The monoisotopic (exact) mass is 202 g/mol. The van der Waals surface area contributed by atoms with Crippen molar-refractivity contribution in [3.63, 3.8) is 0 Å². The fourth-order valence-corrected chi connectivity index (χ4v) is 0.792. The summed E-state index contributed by atoms with van der Waals surface area (Å²) in [6.45, 7) is 6.47. The summed E-state index contributed by atoms with van der Waals surface area (Å²) in [6.07, 6.45) is 1.25. The number of aliphatic hydroxyl groups is 1. The Hall–Kier alpha value is -0.830. The zero-order valence-corrected chi connectivity index (χ0v) is 8.91. The van der Waals surface area contributed by atoms with Crippen LogP contribution < -0.4 is 5.32 Å². The third-order valence-electron chi connectivity index (χ3n) is 1.27. The van der Waals surface area contributed by atoms with E-state index in [9.17, 15) is 5.11 Å². The molecule has 5 heteroatoms. The standard InChI is InChI=1S/C9H18N2O3/c1-9(2,3)14-8(12)11-5-4-6-13-7-10/h8,11-12H,4-6H2,1-3H3. The Bertz CT molecular complexity index is 183. The first-order valence-electron chi connectivity index (χ1n) is 4.56. The van der Waals surface area contributed by atoms with Gasteiger partial charge in [0.05, 0.1) is 5.60 Å². The van der Waals surface area contributed by atoms with Crippen LogP contribution in [0.1, 0.15) is 27.2 Å². The van der Waals surface area contributed by atoms with Crippen molar-refractivity contribution in [2.24, 2.45) is 0 Å². The molecule has 0 saturated heterocycles. The topological polar surface area (TPSA) is 74.5 Å². The Morgan fingerprint density at radius 1 is 1.50 bits per heavy atom. The van der Waals surface area contributed by atoms with Gasteiger partial charge in [-0.3, -0.25) is 5.32 Å². The van der Waals surface area contributed by atoms with E-state index in [1.54, 1.807) is 6.26 Å². The Balaban J connectivity index is 3.37. The number of hydrogen-bond acceptors (Lipinski definition) is 5. The lowest BCUT2D eigenvalue weighted by atomic mass is 10.2. The molecule has 0 spiro atoms. The summed E-state index contributed by atoms with van der Waals surface area (Å²) in [5.74, 6) is 0. The number of nitrogens with one attached hydrogen (secondary N) is 1. The molecule has 14 heavy (non-hydrogen) atoms. The highest BCUT2D eigenvalue weighted by Gasteiger charge is 2.15. The van der Waals surface area contributed by atoms with E-state index in [1.165, 1.54) is 0 Å². The van der Waals surface area contributed by atoms with Gasteiger partial charge in [-0.1, -0.05) is 0 Å². The van der Waals surface area contributed by atoms with Crippen molar-refractivity contribution in [1.29, 1.82) is 5.26 Å². The largest absolute Gasteiger partial charge is 0.427 e. The fourth-order valence-electron chi connectivity index (χ4n) is 0.792. The van der Waals surface area contributed by atoms with Gasteiger partial charge in [0.15, 0.2) is 0 Å². The lowest BCUT2D eigenvalue weighted by Crippen LogP contribution is -2.38. The predicted molar refractivity (Wildman–Crippen MR) is 51.0 cm³/mol. The molecule has 0 bridgehead atoms. The highest BCUT2D eigenvalue weighted by Crippen LogP contribution is 2.07. The van der Waals surface area contributed by atoms with E-state index in [4.69, 9.17) is 10.00 Å². The van der Waals surface area contributed by atoms with E-state index in [2.05, 4.69) is 10.1 Å². The molecule has 82 valence electrons. The summed E-state index contributed by atoms with van der Waals surface area (Å²) in [5, 5.41) is 20.1. The number of ether oxygens (including phenoxy) is 2. The normalized spacial score (nSPS) is 13.4. The minimum atomic E-state index is -0.975. The molecule has 1 atom stereocenters. The molecule has 0 heterocycles. The molecule has 2 N–H and O–H groups in total. The molecule has 5 nitrogen and oxygen atoms in total. The first-order chi connectivity index (χ1) is 6.45. The van der Waals surface area contributed by atoms with Crippen LogP contribution in [0.15, 0.2) is 0 Å². The summed E-state index contributed by atoms with van der Waals surface area (Å²) in [4.78, 5) is 0. The molecule has 0 amide bonds. The smallest absolute Gasteiger partial charge is 0.286 e. The summed E-state index contributed by atoms with van der Waals surface area (Å²) in [6, 6.07) is 0. The lowest BCUT2D eigenvalue weighted by Gasteiger charge is -2.24. The van der Waals surface area contributed by atoms with Gasteiger partial charge < -0.3 is 14.6 Å². The number of nitrogens with zero attached hydrogens (tertiary/aromatic N) is 1. The SMILES string of the molecule is CC(C)(C)OC(O)NCCCOC#N. The average Bonchev–Trinajstić information content (AvgIpc) is 2.00. The van der Waals surface area contributed by atoms with Gasteiger partial charge in [-0.15, -0.1) is 0 Å². The van der Waals surface area contributed by atoms with Crippen LogP contribution in [0.4, 0.5) is 0 Å². The predicted octanol–water partition coefficient (Wildman–Crippen LogP) is 0.555. The van der Waals surface area contributed by atoms with Gasteiger partial charge in [0.1, 0.15) is 6.61 Å². The molecule has 0 rings (SSSR count). The number of hydrogen-bond donors (Lipinski definition) is 2. The van der Waals surface area contributed by atoms with Crippen LogP contribution in [0, 0.1) is 11.5 Å². The molecule has 0 aliphatic heterocycles. The van der Waals surface area contributed by atoms with Crippen molar-refractivity contribution < 1.29 is 14.6 Å². The highest BCUT2D eigenvalue weighted by atomic mass is 16.6. The van der Waals surface area contributed by atoms with Crippen molar-refractivity contribution in [3.05, 3.63) is 0 Å². The third-order valence-corrected chi connectivity index (χ3v) is 1.27. The van der Waals surface area contributed by atoms with Crippen LogP contribution in [0.2, 0.25) is 0 Å². The lowest BCUT2D eigenvalue weighted by molar-refractivity contribution is -0.181. The Labute approximate surface area is 84.6 Å². The Morgan fingerprint density at radius 2 is 2.14 bits per heavy atom. The van der Waals surface area contributed by atoms with Crippen LogP contribution in [-0.2, 0) is 9.47 Å².